The number of hydrogen-bond donors (Lipinski definition) is 1. The molecule has 0 atom stereocenters. The second kappa shape index (κ2) is 6.78. The van der Waals surface area contributed by atoms with Crippen LogP contribution in [0.3, 0.4) is 0 Å². The molecule has 1 N–H and O–H groups in total. The van der Waals surface area contributed by atoms with E-state index in [1.165, 1.54) is 11.3 Å². The minimum Gasteiger partial charge on any atom is -0.345 e. The largest absolute Gasteiger partial charge is 0.345 e. The van der Waals surface area contributed by atoms with Gasteiger partial charge in [0.15, 0.2) is 0 Å². The molecule has 3 heteroatoms. The second-order valence-corrected chi connectivity index (χ2v) is 5.36. The molecular formula is C17H21ClN2. The first-order valence-corrected chi connectivity index (χ1v) is 7.29. The normalized spacial score (nSPS) is 10.6. The van der Waals surface area contributed by atoms with Gasteiger partial charge < -0.3 is 10.2 Å². The van der Waals surface area contributed by atoms with Crippen molar-refractivity contribution in [3.63, 3.8) is 0 Å². The van der Waals surface area contributed by atoms with Gasteiger partial charge in [-0.3, -0.25) is 0 Å². The summed E-state index contributed by atoms with van der Waals surface area (Å²) in [6, 6.07) is 14.7. The quantitative estimate of drug-likeness (QED) is 0.870. The second-order valence-electron chi connectivity index (χ2n) is 4.95. The zero-order chi connectivity index (χ0) is 14.5. The predicted octanol–water partition coefficient (Wildman–Crippen LogP) is 4.53. The zero-order valence-corrected chi connectivity index (χ0v) is 13.0. The highest BCUT2D eigenvalue weighted by molar-refractivity contribution is 6.31. The highest BCUT2D eigenvalue weighted by Crippen LogP contribution is 2.28. The lowest BCUT2D eigenvalue weighted by Crippen LogP contribution is -2.13. The summed E-state index contributed by atoms with van der Waals surface area (Å²) in [4.78, 5) is 2.15. The van der Waals surface area contributed by atoms with Crippen molar-refractivity contribution in [2.24, 2.45) is 0 Å². The smallest absolute Gasteiger partial charge is 0.0471 e. The molecule has 106 valence electrons. The van der Waals surface area contributed by atoms with Gasteiger partial charge in [-0.1, -0.05) is 36.7 Å². The lowest BCUT2D eigenvalue weighted by Gasteiger charge is -2.21. The Hall–Kier alpha value is -1.51. The lowest BCUT2D eigenvalue weighted by atomic mass is 10.1. The number of nitrogens with zero attached hydrogens (tertiary/aromatic N) is 1. The fourth-order valence-corrected chi connectivity index (χ4v) is 2.38. The average molecular weight is 289 g/mol. The van der Waals surface area contributed by atoms with Crippen LogP contribution in [-0.4, -0.2) is 13.6 Å². The summed E-state index contributed by atoms with van der Waals surface area (Å²) in [6.07, 6.45) is 0. The Kier molecular flexibility index (Phi) is 5.05. The first kappa shape index (κ1) is 14.9. The monoisotopic (exact) mass is 288 g/mol. The highest BCUT2D eigenvalue weighted by atomic mass is 35.5. The van der Waals surface area contributed by atoms with E-state index in [1.807, 2.05) is 6.07 Å². The van der Waals surface area contributed by atoms with E-state index < -0.39 is 0 Å². The maximum atomic E-state index is 6.36. The van der Waals surface area contributed by atoms with Crippen molar-refractivity contribution in [3.8, 4) is 0 Å². The van der Waals surface area contributed by atoms with Crippen molar-refractivity contribution in [1.82, 2.24) is 5.32 Å². The van der Waals surface area contributed by atoms with Crippen molar-refractivity contribution < 1.29 is 0 Å². The molecule has 0 fully saturated rings. The number of anilines is 2. The van der Waals surface area contributed by atoms with E-state index in [1.54, 1.807) is 0 Å². The van der Waals surface area contributed by atoms with E-state index in [9.17, 15) is 0 Å². The van der Waals surface area contributed by atoms with E-state index in [4.69, 9.17) is 11.6 Å². The van der Waals surface area contributed by atoms with Crippen molar-refractivity contribution >= 4 is 23.0 Å². The third kappa shape index (κ3) is 3.53. The molecule has 0 aliphatic rings. The van der Waals surface area contributed by atoms with Crippen LogP contribution in [0, 0.1) is 6.92 Å². The molecule has 20 heavy (non-hydrogen) atoms. The van der Waals surface area contributed by atoms with Gasteiger partial charge in [-0.05, 0) is 48.9 Å². The molecule has 2 rings (SSSR count). The highest BCUT2D eigenvalue weighted by Gasteiger charge is 2.07. The molecule has 0 saturated carbocycles. The molecule has 0 bridgehead atoms. The third-order valence-electron chi connectivity index (χ3n) is 3.38. The summed E-state index contributed by atoms with van der Waals surface area (Å²) >= 11 is 6.36. The van der Waals surface area contributed by atoms with E-state index in [0.717, 1.165) is 29.4 Å². The van der Waals surface area contributed by atoms with Crippen molar-refractivity contribution in [3.05, 3.63) is 58.6 Å². The summed E-state index contributed by atoms with van der Waals surface area (Å²) in [5, 5.41) is 4.10. The lowest BCUT2D eigenvalue weighted by molar-refractivity contribution is 0.727. The molecule has 0 heterocycles. The van der Waals surface area contributed by atoms with Crippen LogP contribution in [0.2, 0.25) is 5.02 Å². The predicted molar refractivity (Wildman–Crippen MR) is 88.1 cm³/mol. The molecule has 2 nitrogen and oxygen atoms in total. The number of aryl methyl sites for hydroxylation is 1. The van der Waals surface area contributed by atoms with Crippen LogP contribution < -0.4 is 10.2 Å². The summed E-state index contributed by atoms with van der Waals surface area (Å²) in [5.74, 6) is 0. The third-order valence-corrected chi connectivity index (χ3v) is 3.73. The Balaban J connectivity index is 2.22. The Morgan fingerprint density at radius 3 is 2.50 bits per heavy atom. The van der Waals surface area contributed by atoms with E-state index in [-0.39, 0.29) is 0 Å². The molecule has 0 aliphatic carbocycles. The van der Waals surface area contributed by atoms with Crippen LogP contribution >= 0.6 is 11.6 Å². The Morgan fingerprint density at radius 1 is 1.10 bits per heavy atom. The molecule has 0 unspecified atom stereocenters. The maximum Gasteiger partial charge on any atom is 0.0471 e. The molecule has 0 aliphatic heterocycles. The van der Waals surface area contributed by atoms with Crippen LogP contribution in [0.1, 0.15) is 18.1 Å². The molecule has 0 spiro atoms. The first-order chi connectivity index (χ1) is 9.61. The maximum absolute atomic E-state index is 6.36. The fourth-order valence-electron chi connectivity index (χ4n) is 2.13. The van der Waals surface area contributed by atoms with Gasteiger partial charge in [-0.25, -0.2) is 0 Å². The SMILES string of the molecule is CCNCc1ccc(N(C)c2cccc(C)c2)cc1Cl. The van der Waals surface area contributed by atoms with Gasteiger partial charge >= 0.3 is 0 Å². The Bertz CT molecular complexity index is 581. The van der Waals surface area contributed by atoms with Crippen LogP contribution in [0.15, 0.2) is 42.5 Å². The standard InChI is InChI=1S/C17H21ClN2/c1-4-19-12-14-8-9-16(11-17(14)18)20(3)15-7-5-6-13(2)10-15/h5-11,19H,4,12H2,1-3H3. The number of nitrogens with one attached hydrogen (secondary N) is 1. The fraction of sp³-hybridized carbons (Fsp3) is 0.294. The van der Waals surface area contributed by atoms with Gasteiger partial charge in [0.05, 0.1) is 0 Å². The van der Waals surface area contributed by atoms with Crippen LogP contribution in [0.4, 0.5) is 11.4 Å². The summed E-state index contributed by atoms with van der Waals surface area (Å²) in [7, 11) is 2.06. The van der Waals surface area contributed by atoms with Gasteiger partial charge in [-0.2, -0.15) is 0 Å². The molecule has 2 aromatic rings. The van der Waals surface area contributed by atoms with Crippen LogP contribution in [0.25, 0.3) is 0 Å². The molecule has 0 amide bonds. The first-order valence-electron chi connectivity index (χ1n) is 6.91. The molecule has 0 saturated heterocycles. The number of hydrogen-bond acceptors (Lipinski definition) is 2. The summed E-state index contributed by atoms with van der Waals surface area (Å²) in [6.45, 7) is 5.95. The molecule has 2 aromatic carbocycles. The van der Waals surface area contributed by atoms with E-state index in [2.05, 4.69) is 67.5 Å². The van der Waals surface area contributed by atoms with Gasteiger partial charge in [0, 0.05) is 30.0 Å². The average Bonchev–Trinajstić information content (AvgIpc) is 2.45. The van der Waals surface area contributed by atoms with Gasteiger partial charge in [0.1, 0.15) is 0 Å². The van der Waals surface area contributed by atoms with Crippen molar-refractivity contribution in [2.45, 2.75) is 20.4 Å². The topological polar surface area (TPSA) is 15.3 Å². The Labute approximate surface area is 126 Å². The van der Waals surface area contributed by atoms with E-state index >= 15 is 0 Å². The minimum absolute atomic E-state index is 0.808. The zero-order valence-electron chi connectivity index (χ0n) is 12.3. The summed E-state index contributed by atoms with van der Waals surface area (Å²) < 4.78 is 0. The summed E-state index contributed by atoms with van der Waals surface area (Å²) in [5.41, 5.74) is 4.65. The van der Waals surface area contributed by atoms with Crippen molar-refractivity contribution in [1.29, 1.82) is 0 Å². The Morgan fingerprint density at radius 2 is 1.85 bits per heavy atom. The van der Waals surface area contributed by atoms with E-state index in [0.29, 0.717) is 0 Å². The van der Waals surface area contributed by atoms with Crippen LogP contribution in [0.5, 0.6) is 0 Å². The molecule has 0 aromatic heterocycles. The number of benzene rings is 2. The van der Waals surface area contributed by atoms with Gasteiger partial charge in [0.25, 0.3) is 0 Å². The van der Waals surface area contributed by atoms with Gasteiger partial charge in [0.2, 0.25) is 0 Å². The minimum atomic E-state index is 0.808. The number of rotatable bonds is 5. The molecular weight excluding hydrogens is 268 g/mol. The molecule has 0 radical (unpaired) electrons. The van der Waals surface area contributed by atoms with Gasteiger partial charge in [-0.15, -0.1) is 0 Å². The van der Waals surface area contributed by atoms with Crippen molar-refractivity contribution in [2.75, 3.05) is 18.5 Å². The van der Waals surface area contributed by atoms with Crippen LogP contribution in [-0.2, 0) is 6.54 Å². The number of halogens is 1.